The summed E-state index contributed by atoms with van der Waals surface area (Å²) in [5, 5.41) is 2.72. The fraction of sp³-hybridized carbons (Fsp3) is 0.462. The van der Waals surface area contributed by atoms with Gasteiger partial charge in [0.25, 0.3) is 0 Å². The lowest BCUT2D eigenvalue weighted by molar-refractivity contribution is -0.353. The minimum absolute atomic E-state index is 0.106. The molecule has 1 saturated carbocycles. The summed E-state index contributed by atoms with van der Waals surface area (Å²) in [6.45, 7) is 1.92. The fourth-order valence-corrected chi connectivity index (χ4v) is 2.37. The van der Waals surface area contributed by atoms with Crippen molar-refractivity contribution in [3.8, 4) is 0 Å². The van der Waals surface area contributed by atoms with Crippen molar-refractivity contribution < 1.29 is 22.7 Å². The van der Waals surface area contributed by atoms with E-state index in [4.69, 9.17) is 0 Å². The Morgan fingerprint density at radius 3 is 2.60 bits per heavy atom. The molecule has 0 radical (unpaired) electrons. The average Bonchev–Trinajstić information content (AvgIpc) is 2.26. The number of ether oxygens (including phenoxy) is 1. The van der Waals surface area contributed by atoms with Crippen molar-refractivity contribution in [3.63, 3.8) is 0 Å². The van der Waals surface area contributed by atoms with Crippen LogP contribution >= 0.6 is 22.6 Å². The molecule has 1 amide bonds. The van der Waals surface area contributed by atoms with Crippen LogP contribution in [0.25, 0.3) is 0 Å². The third-order valence-corrected chi connectivity index (χ3v) is 4.40. The maximum absolute atomic E-state index is 12.0. The molecule has 0 spiro atoms. The summed E-state index contributed by atoms with van der Waals surface area (Å²) in [6, 6.07) is 5.49. The van der Waals surface area contributed by atoms with Gasteiger partial charge in [-0.2, -0.15) is 0 Å². The summed E-state index contributed by atoms with van der Waals surface area (Å²) >= 11 is 2.19. The molecule has 1 aliphatic rings. The van der Waals surface area contributed by atoms with E-state index < -0.39 is 18.4 Å². The summed E-state index contributed by atoms with van der Waals surface area (Å²) in [6.07, 6.45) is -5.31. The number of carbonyl (C=O) groups excluding carboxylic acids is 1. The van der Waals surface area contributed by atoms with Gasteiger partial charge in [0, 0.05) is 15.2 Å². The van der Waals surface area contributed by atoms with E-state index in [1.165, 1.54) is 0 Å². The topological polar surface area (TPSA) is 38.3 Å². The van der Waals surface area contributed by atoms with Crippen molar-refractivity contribution >= 4 is 34.2 Å². The summed E-state index contributed by atoms with van der Waals surface area (Å²) in [4.78, 5) is 11.9. The predicted octanol–water partition coefficient (Wildman–Crippen LogP) is 3.85. The third kappa shape index (κ3) is 4.08. The Morgan fingerprint density at radius 2 is 2.05 bits per heavy atom. The first kappa shape index (κ1) is 15.6. The van der Waals surface area contributed by atoms with Crippen LogP contribution in [0.2, 0.25) is 0 Å². The minimum atomic E-state index is -4.63. The summed E-state index contributed by atoms with van der Waals surface area (Å²) in [5.74, 6) is -0.672. The first-order valence-electron chi connectivity index (χ1n) is 6.06. The van der Waals surface area contributed by atoms with Gasteiger partial charge in [0.05, 0.1) is 6.10 Å². The molecule has 0 saturated heterocycles. The Hall–Kier alpha value is -0.830. The maximum Gasteiger partial charge on any atom is 0.522 e. The van der Waals surface area contributed by atoms with Gasteiger partial charge in [-0.15, -0.1) is 13.2 Å². The standard InChI is InChI=1S/C13H13F3INO2/c1-7-4-9(2-3-11(7)17)18-12(19)8-5-10(6-8)20-13(14,15)16/h2-4,8,10H,5-6H2,1H3,(H,18,19). The molecule has 3 nitrogen and oxygen atoms in total. The van der Waals surface area contributed by atoms with Crippen molar-refractivity contribution in [2.75, 3.05) is 5.32 Å². The molecule has 1 aromatic rings. The van der Waals surface area contributed by atoms with Gasteiger partial charge in [-0.05, 0) is 66.1 Å². The van der Waals surface area contributed by atoms with Crippen LogP contribution in [0.3, 0.4) is 0 Å². The van der Waals surface area contributed by atoms with Gasteiger partial charge in [0.1, 0.15) is 0 Å². The Bertz CT molecular complexity index is 513. The summed E-state index contributed by atoms with van der Waals surface area (Å²) in [5.41, 5.74) is 1.70. The zero-order chi connectivity index (χ0) is 14.9. The number of halogens is 4. The first-order valence-corrected chi connectivity index (χ1v) is 7.14. The highest BCUT2D eigenvalue weighted by Crippen LogP contribution is 2.35. The second-order valence-corrected chi connectivity index (χ2v) is 5.97. The number of benzene rings is 1. The maximum atomic E-state index is 12.0. The summed E-state index contributed by atoms with van der Waals surface area (Å²) in [7, 11) is 0. The van der Waals surface area contributed by atoms with Gasteiger partial charge in [-0.1, -0.05) is 0 Å². The number of amides is 1. The van der Waals surface area contributed by atoms with E-state index in [2.05, 4.69) is 32.6 Å². The monoisotopic (exact) mass is 399 g/mol. The number of hydrogen-bond acceptors (Lipinski definition) is 2. The van der Waals surface area contributed by atoms with E-state index in [0.717, 1.165) is 9.13 Å². The van der Waals surface area contributed by atoms with E-state index in [9.17, 15) is 18.0 Å². The number of carbonyl (C=O) groups is 1. The molecule has 1 N–H and O–H groups in total. The van der Waals surface area contributed by atoms with Gasteiger partial charge in [0.2, 0.25) is 5.91 Å². The molecule has 110 valence electrons. The number of alkyl halides is 3. The smallest absolute Gasteiger partial charge is 0.326 e. The predicted molar refractivity (Wildman–Crippen MR) is 76.2 cm³/mol. The van der Waals surface area contributed by atoms with Crippen LogP contribution in [0.15, 0.2) is 18.2 Å². The van der Waals surface area contributed by atoms with Crippen LogP contribution in [-0.2, 0) is 9.53 Å². The zero-order valence-corrected chi connectivity index (χ0v) is 12.8. The number of aryl methyl sites for hydroxylation is 1. The first-order chi connectivity index (χ1) is 9.24. The van der Waals surface area contributed by atoms with Gasteiger partial charge in [0.15, 0.2) is 0 Å². The summed E-state index contributed by atoms with van der Waals surface area (Å²) < 4.78 is 40.8. The Kier molecular flexibility index (Phi) is 4.58. The highest BCUT2D eigenvalue weighted by atomic mass is 127. The molecular formula is C13H13F3INO2. The quantitative estimate of drug-likeness (QED) is 0.785. The molecule has 1 fully saturated rings. The average molecular weight is 399 g/mol. The number of anilines is 1. The molecule has 0 aliphatic heterocycles. The van der Waals surface area contributed by atoms with Crippen molar-refractivity contribution in [2.45, 2.75) is 32.2 Å². The van der Waals surface area contributed by atoms with Gasteiger partial charge in [-0.25, -0.2) is 0 Å². The Morgan fingerprint density at radius 1 is 1.40 bits per heavy atom. The van der Waals surface area contributed by atoms with E-state index in [1.54, 1.807) is 6.07 Å². The third-order valence-electron chi connectivity index (χ3n) is 3.19. The zero-order valence-electron chi connectivity index (χ0n) is 10.6. The van der Waals surface area contributed by atoms with Crippen molar-refractivity contribution in [1.29, 1.82) is 0 Å². The van der Waals surface area contributed by atoms with E-state index in [0.29, 0.717) is 5.69 Å². The van der Waals surface area contributed by atoms with Crippen LogP contribution in [0.1, 0.15) is 18.4 Å². The van der Waals surface area contributed by atoms with E-state index in [1.807, 2.05) is 19.1 Å². The normalized spacial score (nSPS) is 22.2. The molecule has 1 aliphatic carbocycles. The molecule has 0 unspecified atom stereocenters. The van der Waals surface area contributed by atoms with Crippen molar-refractivity contribution in [3.05, 3.63) is 27.3 Å². The number of rotatable bonds is 3. The van der Waals surface area contributed by atoms with Crippen molar-refractivity contribution in [2.24, 2.45) is 5.92 Å². The van der Waals surface area contributed by atoms with Crippen LogP contribution in [0.4, 0.5) is 18.9 Å². The molecule has 0 bridgehead atoms. The molecule has 0 aromatic heterocycles. The van der Waals surface area contributed by atoms with Crippen LogP contribution in [0, 0.1) is 16.4 Å². The molecule has 2 rings (SSSR count). The van der Waals surface area contributed by atoms with E-state index in [-0.39, 0.29) is 18.7 Å². The molecular weight excluding hydrogens is 386 g/mol. The second-order valence-electron chi connectivity index (χ2n) is 4.81. The Labute approximate surface area is 128 Å². The molecule has 7 heteroatoms. The minimum Gasteiger partial charge on any atom is -0.326 e. The van der Waals surface area contributed by atoms with Gasteiger partial charge < -0.3 is 5.32 Å². The molecule has 0 heterocycles. The molecule has 20 heavy (non-hydrogen) atoms. The van der Waals surface area contributed by atoms with Gasteiger partial charge >= 0.3 is 6.36 Å². The highest BCUT2D eigenvalue weighted by molar-refractivity contribution is 14.1. The van der Waals surface area contributed by atoms with Crippen LogP contribution < -0.4 is 5.32 Å². The fourth-order valence-electron chi connectivity index (χ4n) is 2.03. The van der Waals surface area contributed by atoms with E-state index >= 15 is 0 Å². The largest absolute Gasteiger partial charge is 0.522 e. The van der Waals surface area contributed by atoms with Gasteiger partial charge in [-0.3, -0.25) is 9.53 Å². The highest BCUT2D eigenvalue weighted by Gasteiger charge is 2.42. The van der Waals surface area contributed by atoms with Crippen LogP contribution in [0.5, 0.6) is 0 Å². The lowest BCUT2D eigenvalue weighted by Gasteiger charge is -2.34. The number of hydrogen-bond donors (Lipinski definition) is 1. The van der Waals surface area contributed by atoms with Crippen molar-refractivity contribution in [1.82, 2.24) is 0 Å². The SMILES string of the molecule is Cc1cc(NC(=O)C2CC(OC(F)(F)F)C2)ccc1I. The number of nitrogens with one attached hydrogen (secondary N) is 1. The second kappa shape index (κ2) is 5.88. The van der Waals surface area contributed by atoms with Crippen LogP contribution in [-0.4, -0.2) is 18.4 Å². The lowest BCUT2D eigenvalue weighted by atomic mass is 9.81. The molecule has 1 aromatic carbocycles. The lowest BCUT2D eigenvalue weighted by Crippen LogP contribution is -2.41. The molecule has 0 atom stereocenters. The Balaban J connectivity index is 1.84.